The van der Waals surface area contributed by atoms with Gasteiger partial charge in [0.1, 0.15) is 5.75 Å². The van der Waals surface area contributed by atoms with E-state index < -0.39 is 4.92 Å². The Labute approximate surface area is 147 Å². The fourth-order valence-electron chi connectivity index (χ4n) is 2.36. The quantitative estimate of drug-likeness (QED) is 0.450. The number of non-ortho nitro benzene ring substituents is 1. The van der Waals surface area contributed by atoms with Crippen molar-refractivity contribution in [3.8, 4) is 5.75 Å². The summed E-state index contributed by atoms with van der Waals surface area (Å²) in [6, 6.07) is 13.6. The molecule has 0 saturated heterocycles. The van der Waals surface area contributed by atoms with Gasteiger partial charge in [-0.15, -0.1) is 0 Å². The minimum absolute atomic E-state index is 0.0867. The lowest BCUT2D eigenvalue weighted by Crippen LogP contribution is -2.24. The van der Waals surface area contributed by atoms with E-state index in [1.807, 2.05) is 38.1 Å². The van der Waals surface area contributed by atoms with Gasteiger partial charge in [0.25, 0.3) is 11.6 Å². The average molecular weight is 342 g/mol. The van der Waals surface area contributed by atoms with Gasteiger partial charge in [-0.3, -0.25) is 14.9 Å². The zero-order valence-electron chi connectivity index (χ0n) is 14.4. The van der Waals surface area contributed by atoms with Crippen molar-refractivity contribution in [2.45, 2.75) is 32.8 Å². The summed E-state index contributed by atoms with van der Waals surface area (Å²) in [6.45, 7) is 4.47. The highest BCUT2D eigenvalue weighted by Gasteiger charge is 2.10. The lowest BCUT2D eigenvalue weighted by atomic mass is 10.1. The molecular formula is C19H22N2O4. The van der Waals surface area contributed by atoms with E-state index >= 15 is 0 Å². The van der Waals surface area contributed by atoms with Crippen LogP contribution in [0.15, 0.2) is 48.5 Å². The molecule has 0 radical (unpaired) electrons. The number of nitro benzene ring substituents is 1. The fraction of sp³-hybridized carbons (Fsp3) is 0.316. The van der Waals surface area contributed by atoms with Crippen molar-refractivity contribution >= 4 is 11.6 Å². The second kappa shape index (κ2) is 8.82. The van der Waals surface area contributed by atoms with Gasteiger partial charge < -0.3 is 10.1 Å². The number of carbonyl (C=O) groups is 1. The summed E-state index contributed by atoms with van der Waals surface area (Å²) in [5, 5.41) is 13.5. The molecule has 1 amide bonds. The Balaban J connectivity index is 1.78. The molecule has 0 atom stereocenters. The van der Waals surface area contributed by atoms with Crippen LogP contribution in [0.5, 0.6) is 5.75 Å². The molecule has 0 saturated carbocycles. The first-order chi connectivity index (χ1) is 12.0. The molecule has 0 aliphatic carbocycles. The van der Waals surface area contributed by atoms with Crippen molar-refractivity contribution in [1.29, 1.82) is 0 Å². The maximum atomic E-state index is 12.0. The van der Waals surface area contributed by atoms with Gasteiger partial charge in [-0.25, -0.2) is 0 Å². The van der Waals surface area contributed by atoms with E-state index in [9.17, 15) is 14.9 Å². The van der Waals surface area contributed by atoms with Gasteiger partial charge in [0.05, 0.1) is 11.0 Å². The topological polar surface area (TPSA) is 81.5 Å². The third-order valence-electron chi connectivity index (χ3n) is 3.54. The van der Waals surface area contributed by atoms with E-state index in [1.165, 1.54) is 23.8 Å². The van der Waals surface area contributed by atoms with Crippen molar-refractivity contribution in [3.05, 3.63) is 69.8 Å². The number of aryl methyl sites for hydroxylation is 1. The molecule has 0 unspecified atom stereocenters. The molecule has 0 aromatic heterocycles. The fourth-order valence-corrected chi connectivity index (χ4v) is 2.36. The molecule has 0 bridgehead atoms. The third kappa shape index (κ3) is 5.91. The summed E-state index contributed by atoms with van der Waals surface area (Å²) in [4.78, 5) is 22.3. The summed E-state index contributed by atoms with van der Waals surface area (Å²) < 4.78 is 5.60. The van der Waals surface area contributed by atoms with Crippen LogP contribution in [0.4, 0.5) is 5.69 Å². The van der Waals surface area contributed by atoms with Crippen molar-refractivity contribution in [3.63, 3.8) is 0 Å². The Hall–Kier alpha value is -2.89. The van der Waals surface area contributed by atoms with Crippen LogP contribution in [0.3, 0.4) is 0 Å². The molecule has 0 aliphatic heterocycles. The number of carbonyl (C=O) groups excluding carboxylic acids is 1. The lowest BCUT2D eigenvalue weighted by Gasteiger charge is -2.10. The standard InChI is InChI=1S/C19H22N2O4/c1-14(2)25-18-10-8-15(9-11-18)5-4-12-20-19(22)16-6-3-7-17(13-16)21(23)24/h3,6-11,13-14H,4-5,12H2,1-2H3,(H,20,22). The zero-order chi connectivity index (χ0) is 18.2. The number of hydrogen-bond acceptors (Lipinski definition) is 4. The molecule has 0 heterocycles. The Morgan fingerprint density at radius 1 is 1.20 bits per heavy atom. The van der Waals surface area contributed by atoms with Crippen LogP contribution in [0, 0.1) is 10.1 Å². The van der Waals surface area contributed by atoms with E-state index in [2.05, 4.69) is 5.32 Å². The molecule has 6 heteroatoms. The second-order valence-corrected chi connectivity index (χ2v) is 5.98. The molecule has 1 N–H and O–H groups in total. The number of nitrogens with one attached hydrogen (secondary N) is 1. The molecule has 0 fully saturated rings. The van der Waals surface area contributed by atoms with Crippen LogP contribution >= 0.6 is 0 Å². The van der Waals surface area contributed by atoms with E-state index in [-0.39, 0.29) is 17.7 Å². The predicted molar refractivity (Wildman–Crippen MR) is 96.0 cm³/mol. The van der Waals surface area contributed by atoms with Crippen molar-refractivity contribution in [1.82, 2.24) is 5.32 Å². The monoisotopic (exact) mass is 342 g/mol. The number of nitrogens with zero attached hydrogens (tertiary/aromatic N) is 1. The lowest BCUT2D eigenvalue weighted by molar-refractivity contribution is -0.384. The van der Waals surface area contributed by atoms with Crippen LogP contribution in [0.1, 0.15) is 36.2 Å². The molecule has 0 aliphatic rings. The normalized spacial score (nSPS) is 10.5. The zero-order valence-corrected chi connectivity index (χ0v) is 14.4. The largest absolute Gasteiger partial charge is 0.491 e. The number of amides is 1. The molecule has 6 nitrogen and oxygen atoms in total. The summed E-state index contributed by atoms with van der Waals surface area (Å²) in [6.07, 6.45) is 1.76. The highest BCUT2D eigenvalue weighted by molar-refractivity contribution is 5.94. The van der Waals surface area contributed by atoms with Gasteiger partial charge in [-0.2, -0.15) is 0 Å². The van der Waals surface area contributed by atoms with Crippen LogP contribution < -0.4 is 10.1 Å². The average Bonchev–Trinajstić information content (AvgIpc) is 2.59. The Morgan fingerprint density at radius 3 is 2.56 bits per heavy atom. The smallest absolute Gasteiger partial charge is 0.270 e. The first-order valence-electron chi connectivity index (χ1n) is 8.24. The van der Waals surface area contributed by atoms with E-state index in [1.54, 1.807) is 6.07 Å². The van der Waals surface area contributed by atoms with Gasteiger partial charge in [-0.05, 0) is 50.5 Å². The molecule has 132 valence electrons. The molecule has 2 aromatic rings. The molecule has 2 aromatic carbocycles. The predicted octanol–water partition coefficient (Wildman–Crippen LogP) is 3.74. The van der Waals surface area contributed by atoms with Gasteiger partial charge in [0.15, 0.2) is 0 Å². The van der Waals surface area contributed by atoms with Crippen LogP contribution in [-0.2, 0) is 6.42 Å². The van der Waals surface area contributed by atoms with Gasteiger partial charge in [0.2, 0.25) is 0 Å². The maximum Gasteiger partial charge on any atom is 0.270 e. The first-order valence-corrected chi connectivity index (χ1v) is 8.24. The minimum atomic E-state index is -0.510. The van der Waals surface area contributed by atoms with E-state index in [0.717, 1.165) is 18.6 Å². The summed E-state index contributed by atoms with van der Waals surface area (Å²) in [7, 11) is 0. The molecule has 2 rings (SSSR count). The van der Waals surface area contributed by atoms with Gasteiger partial charge >= 0.3 is 0 Å². The number of rotatable bonds is 8. The number of hydrogen-bond donors (Lipinski definition) is 1. The van der Waals surface area contributed by atoms with Crippen molar-refractivity contribution < 1.29 is 14.5 Å². The summed E-state index contributed by atoms with van der Waals surface area (Å²) in [5.74, 6) is 0.544. The number of ether oxygens (including phenoxy) is 1. The maximum absolute atomic E-state index is 12.0. The Bertz CT molecular complexity index is 726. The SMILES string of the molecule is CC(C)Oc1ccc(CCCNC(=O)c2cccc([N+](=O)[O-])c2)cc1. The second-order valence-electron chi connectivity index (χ2n) is 5.98. The van der Waals surface area contributed by atoms with Crippen molar-refractivity contribution in [2.24, 2.45) is 0 Å². The van der Waals surface area contributed by atoms with Crippen LogP contribution in [-0.4, -0.2) is 23.5 Å². The van der Waals surface area contributed by atoms with E-state index in [0.29, 0.717) is 12.1 Å². The van der Waals surface area contributed by atoms with Crippen molar-refractivity contribution in [2.75, 3.05) is 6.54 Å². The minimum Gasteiger partial charge on any atom is -0.491 e. The number of benzene rings is 2. The van der Waals surface area contributed by atoms with Crippen LogP contribution in [0.2, 0.25) is 0 Å². The van der Waals surface area contributed by atoms with Crippen LogP contribution in [0.25, 0.3) is 0 Å². The van der Waals surface area contributed by atoms with Gasteiger partial charge in [0, 0.05) is 24.2 Å². The first kappa shape index (κ1) is 18.4. The third-order valence-corrected chi connectivity index (χ3v) is 3.54. The Morgan fingerprint density at radius 2 is 1.92 bits per heavy atom. The molecular weight excluding hydrogens is 320 g/mol. The molecule has 25 heavy (non-hydrogen) atoms. The highest BCUT2D eigenvalue weighted by Crippen LogP contribution is 2.15. The number of nitro groups is 1. The van der Waals surface area contributed by atoms with E-state index in [4.69, 9.17) is 4.74 Å². The highest BCUT2D eigenvalue weighted by atomic mass is 16.6. The summed E-state index contributed by atoms with van der Waals surface area (Å²) in [5.41, 5.74) is 1.38. The summed E-state index contributed by atoms with van der Waals surface area (Å²) >= 11 is 0. The Kier molecular flexibility index (Phi) is 6.51. The molecule has 0 spiro atoms. The van der Waals surface area contributed by atoms with Gasteiger partial charge in [-0.1, -0.05) is 18.2 Å².